The van der Waals surface area contributed by atoms with Gasteiger partial charge in [0.2, 0.25) is 11.7 Å². The molecule has 0 aliphatic carbocycles. The van der Waals surface area contributed by atoms with Gasteiger partial charge in [0.1, 0.15) is 6.04 Å². The van der Waals surface area contributed by atoms with Crippen LogP contribution in [0, 0.1) is 10.8 Å². The largest absolute Gasteiger partial charge is 0.361 e. The second-order valence-electron chi connectivity index (χ2n) is 9.52. The van der Waals surface area contributed by atoms with Gasteiger partial charge in [0, 0.05) is 24.6 Å². The first-order valence-corrected chi connectivity index (χ1v) is 12.0. The molecule has 0 radical (unpaired) electrons. The van der Waals surface area contributed by atoms with E-state index in [0.717, 1.165) is 4.90 Å². The Morgan fingerprint density at radius 1 is 1.03 bits per heavy atom. The summed E-state index contributed by atoms with van der Waals surface area (Å²) in [5.74, 6) is -4.77. The SMILES string of the molecule is CC(=O)N(C[C@@H]1NC(=N)N2CC(NC(=O)c3ccccc3)C(O)(O)C23NC(=N)NC13)C(=O)c1ccccc1. The molecule has 3 amide bonds. The molecule has 3 aliphatic rings. The van der Waals surface area contributed by atoms with E-state index in [1.807, 2.05) is 0 Å². The van der Waals surface area contributed by atoms with Crippen molar-refractivity contribution in [3.63, 3.8) is 0 Å². The number of nitrogens with zero attached hydrogens (tertiary/aromatic N) is 2. The van der Waals surface area contributed by atoms with Crippen molar-refractivity contribution in [1.29, 1.82) is 10.8 Å². The van der Waals surface area contributed by atoms with Crippen LogP contribution in [0.5, 0.6) is 0 Å². The van der Waals surface area contributed by atoms with Crippen LogP contribution in [0.4, 0.5) is 0 Å². The van der Waals surface area contributed by atoms with E-state index >= 15 is 0 Å². The smallest absolute Gasteiger partial charge is 0.260 e. The van der Waals surface area contributed by atoms with Crippen molar-refractivity contribution in [2.75, 3.05) is 13.1 Å². The molecule has 3 fully saturated rings. The second-order valence-corrected chi connectivity index (χ2v) is 9.52. The summed E-state index contributed by atoms with van der Waals surface area (Å²) in [6, 6.07) is 13.4. The summed E-state index contributed by atoms with van der Waals surface area (Å²) >= 11 is 0. The highest BCUT2D eigenvalue weighted by atomic mass is 16.5. The van der Waals surface area contributed by atoms with E-state index in [9.17, 15) is 24.6 Å². The predicted octanol–water partition coefficient (Wildman–Crippen LogP) is -1.43. The van der Waals surface area contributed by atoms with Gasteiger partial charge < -0.3 is 36.4 Å². The molecule has 0 aromatic heterocycles. The van der Waals surface area contributed by atoms with E-state index in [1.54, 1.807) is 60.7 Å². The van der Waals surface area contributed by atoms with Crippen molar-refractivity contribution in [1.82, 2.24) is 31.1 Å². The van der Waals surface area contributed by atoms with Crippen LogP contribution in [0.3, 0.4) is 0 Å². The zero-order chi connectivity index (χ0) is 27.2. The van der Waals surface area contributed by atoms with Crippen LogP contribution in [0.1, 0.15) is 27.6 Å². The fourth-order valence-electron chi connectivity index (χ4n) is 5.45. The van der Waals surface area contributed by atoms with E-state index in [-0.39, 0.29) is 25.0 Å². The van der Waals surface area contributed by atoms with Crippen molar-refractivity contribution in [2.24, 2.45) is 0 Å². The number of hydrogen-bond acceptors (Lipinski definition) is 7. The summed E-state index contributed by atoms with van der Waals surface area (Å²) in [6.45, 7) is 0.846. The number of carbonyl (C=O) groups excluding carboxylic acids is 3. The van der Waals surface area contributed by atoms with Crippen LogP contribution in [0.25, 0.3) is 0 Å². The lowest BCUT2D eigenvalue weighted by Gasteiger charge is -2.51. The molecule has 4 atom stereocenters. The van der Waals surface area contributed by atoms with Crippen molar-refractivity contribution < 1.29 is 24.6 Å². The fourth-order valence-corrected chi connectivity index (χ4v) is 5.45. The van der Waals surface area contributed by atoms with E-state index in [0.29, 0.717) is 11.1 Å². The van der Waals surface area contributed by atoms with Crippen LogP contribution >= 0.6 is 0 Å². The second kappa shape index (κ2) is 9.11. The summed E-state index contributed by atoms with van der Waals surface area (Å²) in [4.78, 5) is 40.8. The molecule has 38 heavy (non-hydrogen) atoms. The van der Waals surface area contributed by atoms with Gasteiger partial charge in [-0.2, -0.15) is 0 Å². The zero-order valence-corrected chi connectivity index (χ0v) is 20.4. The Kier molecular flexibility index (Phi) is 6.04. The molecular formula is C25H28N8O5. The average Bonchev–Trinajstić information content (AvgIpc) is 3.37. The van der Waals surface area contributed by atoms with Gasteiger partial charge in [-0.1, -0.05) is 36.4 Å². The van der Waals surface area contributed by atoms with Crippen LogP contribution in [0.15, 0.2) is 60.7 Å². The van der Waals surface area contributed by atoms with Crippen molar-refractivity contribution in [3.8, 4) is 0 Å². The monoisotopic (exact) mass is 520 g/mol. The number of imide groups is 1. The Labute approximate surface area is 217 Å². The normalized spacial score (nSPS) is 26.8. The molecule has 3 heterocycles. The molecule has 5 rings (SSSR count). The molecular weight excluding hydrogens is 492 g/mol. The van der Waals surface area contributed by atoms with Gasteiger partial charge in [-0.05, 0) is 24.3 Å². The van der Waals surface area contributed by atoms with Gasteiger partial charge in [0.25, 0.3) is 11.8 Å². The van der Waals surface area contributed by atoms with E-state index in [1.165, 1.54) is 11.8 Å². The molecule has 198 valence electrons. The van der Waals surface area contributed by atoms with Gasteiger partial charge in [-0.15, -0.1) is 0 Å². The van der Waals surface area contributed by atoms with Gasteiger partial charge >= 0.3 is 0 Å². The number of nitrogens with one attached hydrogen (secondary N) is 6. The lowest BCUT2D eigenvalue weighted by molar-refractivity contribution is -0.232. The molecule has 3 saturated heterocycles. The summed E-state index contributed by atoms with van der Waals surface area (Å²) in [7, 11) is 0. The number of rotatable bonds is 5. The number of carbonyl (C=O) groups is 3. The minimum atomic E-state index is -2.67. The summed E-state index contributed by atoms with van der Waals surface area (Å²) < 4.78 is 0. The van der Waals surface area contributed by atoms with E-state index in [4.69, 9.17) is 10.8 Å². The molecule has 8 N–H and O–H groups in total. The van der Waals surface area contributed by atoms with Crippen molar-refractivity contribution in [3.05, 3.63) is 71.8 Å². The first-order chi connectivity index (χ1) is 18.1. The highest BCUT2D eigenvalue weighted by molar-refractivity contribution is 6.04. The fraction of sp³-hybridized carbons (Fsp3) is 0.320. The Bertz CT molecular complexity index is 1300. The van der Waals surface area contributed by atoms with E-state index in [2.05, 4.69) is 21.3 Å². The molecule has 13 nitrogen and oxygen atoms in total. The number of hydrogen-bond donors (Lipinski definition) is 8. The molecule has 0 saturated carbocycles. The quantitative estimate of drug-likeness (QED) is 0.218. The molecule has 13 heteroatoms. The van der Waals surface area contributed by atoms with Gasteiger partial charge in [-0.25, -0.2) is 0 Å². The maximum absolute atomic E-state index is 13.1. The molecule has 1 spiro atoms. The van der Waals surface area contributed by atoms with Gasteiger partial charge in [0.15, 0.2) is 17.6 Å². The lowest BCUT2D eigenvalue weighted by atomic mass is 9.84. The lowest BCUT2D eigenvalue weighted by Crippen LogP contribution is -2.81. The molecule has 3 unspecified atom stereocenters. The van der Waals surface area contributed by atoms with Crippen molar-refractivity contribution in [2.45, 2.75) is 36.5 Å². The molecule has 3 aliphatic heterocycles. The van der Waals surface area contributed by atoms with E-state index < -0.39 is 47.3 Å². The van der Waals surface area contributed by atoms with Gasteiger partial charge in [-0.3, -0.25) is 30.1 Å². The first kappa shape index (κ1) is 25.2. The Morgan fingerprint density at radius 3 is 2.24 bits per heavy atom. The summed E-state index contributed by atoms with van der Waals surface area (Å²) in [5, 5.41) is 51.1. The number of guanidine groups is 2. The average molecular weight is 521 g/mol. The van der Waals surface area contributed by atoms with Crippen LogP contribution < -0.4 is 21.3 Å². The third-order valence-corrected chi connectivity index (χ3v) is 7.26. The first-order valence-electron chi connectivity index (χ1n) is 12.0. The summed E-state index contributed by atoms with van der Waals surface area (Å²) in [6.07, 6.45) is 0. The third kappa shape index (κ3) is 3.83. The van der Waals surface area contributed by atoms with Gasteiger partial charge in [0.05, 0.1) is 18.6 Å². The number of amides is 3. The maximum Gasteiger partial charge on any atom is 0.260 e. The third-order valence-electron chi connectivity index (χ3n) is 7.26. The van der Waals surface area contributed by atoms with Crippen LogP contribution in [-0.4, -0.2) is 92.3 Å². The van der Waals surface area contributed by atoms with Crippen LogP contribution in [-0.2, 0) is 4.79 Å². The molecule has 0 bridgehead atoms. The number of aliphatic hydroxyl groups is 2. The van der Waals surface area contributed by atoms with Crippen LogP contribution in [0.2, 0.25) is 0 Å². The standard InChI is InChI=1S/C25H28N8O5/c1-14(34)32(21(36)16-10-6-3-7-11-16)12-17-19-24(31-22(26)30-19)25(37,38)18(13-33(24)23(27)28-17)29-20(35)15-8-4-2-5-9-15/h2-11,17-19,37-38H,12-13H2,1H3,(H2,27,28)(H,29,35)(H3,26,30,31)/t17-,18?,19?,24?/m0/s1. The minimum Gasteiger partial charge on any atom is -0.361 e. The molecule has 2 aromatic carbocycles. The summed E-state index contributed by atoms with van der Waals surface area (Å²) in [5.41, 5.74) is -1.25. The molecule has 2 aromatic rings. The topological polar surface area (TPSA) is 194 Å². The minimum absolute atomic E-state index is 0.165. The highest BCUT2D eigenvalue weighted by Gasteiger charge is 2.74. The maximum atomic E-state index is 13.1. The zero-order valence-electron chi connectivity index (χ0n) is 20.4. The Balaban J connectivity index is 1.46. The Hall–Kier alpha value is -4.49. The highest BCUT2D eigenvalue weighted by Crippen LogP contribution is 2.43. The number of benzene rings is 2. The predicted molar refractivity (Wildman–Crippen MR) is 135 cm³/mol. The van der Waals surface area contributed by atoms with Crippen molar-refractivity contribution >= 4 is 29.6 Å². The Morgan fingerprint density at radius 2 is 1.63 bits per heavy atom.